The molecule has 3 aliphatic rings. The van der Waals surface area contributed by atoms with E-state index >= 15 is 0 Å². The van der Waals surface area contributed by atoms with Crippen molar-refractivity contribution in [2.75, 3.05) is 61.1 Å². The number of fused-ring (bicyclic) bond motifs is 3. The van der Waals surface area contributed by atoms with Crippen molar-refractivity contribution in [3.05, 3.63) is 39.9 Å². The zero-order valence-corrected chi connectivity index (χ0v) is 23.4. The van der Waals surface area contributed by atoms with Crippen molar-refractivity contribution in [1.82, 2.24) is 20.1 Å². The van der Waals surface area contributed by atoms with E-state index in [2.05, 4.69) is 15.4 Å². The molecule has 12 nitrogen and oxygen atoms in total. The summed E-state index contributed by atoms with van der Waals surface area (Å²) >= 11 is 0. The number of alkyl halides is 6. The summed E-state index contributed by atoms with van der Waals surface area (Å²) in [6, 6.07) is -0.620. The number of anilines is 3. The van der Waals surface area contributed by atoms with E-state index in [4.69, 9.17) is 9.47 Å². The van der Waals surface area contributed by atoms with Crippen LogP contribution in [-0.4, -0.2) is 96.1 Å². The van der Waals surface area contributed by atoms with Crippen molar-refractivity contribution in [3.63, 3.8) is 0 Å². The molecule has 2 N–H and O–H groups in total. The number of pyridine rings is 1. The van der Waals surface area contributed by atoms with E-state index in [1.807, 2.05) is 0 Å². The zero-order valence-electron chi connectivity index (χ0n) is 23.4. The molecule has 2 saturated heterocycles. The summed E-state index contributed by atoms with van der Waals surface area (Å²) in [5.41, 5.74) is -4.24. The van der Waals surface area contributed by atoms with E-state index in [1.54, 1.807) is 10.00 Å². The molecular formula is C26H29F6N7O5. The Labute approximate surface area is 246 Å². The third-order valence-corrected chi connectivity index (χ3v) is 7.57. The van der Waals surface area contributed by atoms with E-state index in [0.29, 0.717) is 13.0 Å². The Kier molecular flexibility index (Phi) is 8.75. The van der Waals surface area contributed by atoms with Crippen molar-refractivity contribution in [1.29, 1.82) is 0 Å². The van der Waals surface area contributed by atoms with Gasteiger partial charge >= 0.3 is 12.4 Å². The number of H-pyrrole nitrogens is 1. The molecule has 3 aliphatic heterocycles. The highest BCUT2D eigenvalue weighted by Gasteiger charge is 2.45. The summed E-state index contributed by atoms with van der Waals surface area (Å²) in [4.78, 5) is 46.6. The number of nitrogens with zero attached hydrogens (tertiary/aromatic N) is 5. The second kappa shape index (κ2) is 12.2. The van der Waals surface area contributed by atoms with Crippen LogP contribution in [0.1, 0.15) is 30.9 Å². The van der Waals surface area contributed by atoms with Gasteiger partial charge in [-0.05, 0) is 19.4 Å². The Morgan fingerprint density at radius 1 is 1.18 bits per heavy atom. The number of carbonyl (C=O) groups is 2. The van der Waals surface area contributed by atoms with Crippen LogP contribution >= 0.6 is 0 Å². The first-order valence-corrected chi connectivity index (χ1v) is 13.8. The predicted octanol–water partition coefficient (Wildman–Crippen LogP) is 2.26. The maximum Gasteiger partial charge on any atom is 0.423 e. The lowest BCUT2D eigenvalue weighted by molar-refractivity contribution is -0.138. The number of halogens is 6. The standard InChI is InChI=1S/C26H29F6N7O5/c1-14(35-17-10-34-36-23(41)21(17)26(30,31)32)13-43-6-3-20(40)37-4-5-38-19(12-37)24(42)39(11-16-2-7-44-16)18-8-15(25(27,28)29)9-33-22(18)38/h8-10,14,16,19H,2-7,11-13H2,1H3,(H2,35,36,41). The SMILES string of the molecule is CC(COCCC(=O)N1CCN2c3ncc(C(F)(F)F)cc3N(CC3CCO3)C(=O)C2C1)Nc1cn[nH]c(=O)c1C(F)(F)F. The molecule has 44 heavy (non-hydrogen) atoms. The van der Waals surface area contributed by atoms with E-state index in [9.17, 15) is 40.7 Å². The molecule has 5 heterocycles. The summed E-state index contributed by atoms with van der Waals surface area (Å²) in [6.45, 7) is 2.25. The van der Waals surface area contributed by atoms with E-state index in [0.717, 1.165) is 18.5 Å². The van der Waals surface area contributed by atoms with Crippen LogP contribution in [0.3, 0.4) is 0 Å². The highest BCUT2D eigenvalue weighted by Crippen LogP contribution is 2.40. The molecule has 0 aliphatic carbocycles. The van der Waals surface area contributed by atoms with Gasteiger partial charge in [-0.15, -0.1) is 0 Å². The van der Waals surface area contributed by atoms with Crippen LogP contribution < -0.4 is 20.7 Å². The number of aromatic nitrogens is 3. The van der Waals surface area contributed by atoms with Crippen molar-refractivity contribution >= 4 is 29.0 Å². The molecule has 0 spiro atoms. The lowest BCUT2D eigenvalue weighted by Gasteiger charge is -2.48. The molecule has 0 radical (unpaired) electrons. The van der Waals surface area contributed by atoms with Gasteiger partial charge in [-0.3, -0.25) is 14.4 Å². The highest BCUT2D eigenvalue weighted by atomic mass is 19.4. The first kappa shape index (κ1) is 31.5. The number of nitrogens with one attached hydrogen (secondary N) is 2. The molecule has 0 saturated carbocycles. The van der Waals surface area contributed by atoms with Gasteiger partial charge < -0.3 is 29.5 Å². The third kappa shape index (κ3) is 6.59. The maximum absolute atomic E-state index is 13.6. The summed E-state index contributed by atoms with van der Waals surface area (Å²) in [7, 11) is 0. The Morgan fingerprint density at radius 2 is 1.93 bits per heavy atom. The lowest BCUT2D eigenvalue weighted by Crippen LogP contribution is -2.64. The Bertz CT molecular complexity index is 1450. The molecular weight excluding hydrogens is 604 g/mol. The summed E-state index contributed by atoms with van der Waals surface area (Å²) in [6.07, 6.45) is -7.72. The molecule has 2 amide bonds. The van der Waals surface area contributed by atoms with Crippen molar-refractivity contribution in [3.8, 4) is 0 Å². The third-order valence-electron chi connectivity index (χ3n) is 7.57. The molecule has 0 aromatic carbocycles. The van der Waals surface area contributed by atoms with Crippen LogP contribution in [0.4, 0.5) is 43.5 Å². The molecule has 18 heteroatoms. The average molecular weight is 634 g/mol. The number of rotatable bonds is 9. The molecule has 3 unspecified atom stereocenters. The largest absolute Gasteiger partial charge is 0.423 e. The second-order valence-corrected chi connectivity index (χ2v) is 10.7. The first-order chi connectivity index (χ1) is 20.7. The first-order valence-electron chi connectivity index (χ1n) is 13.8. The number of hydrogen-bond donors (Lipinski definition) is 2. The minimum Gasteiger partial charge on any atom is -0.379 e. The summed E-state index contributed by atoms with van der Waals surface area (Å²) < 4.78 is 91.0. The quantitative estimate of drug-likeness (QED) is 0.315. The van der Waals surface area contributed by atoms with Crippen molar-refractivity contribution in [2.24, 2.45) is 0 Å². The molecule has 240 valence electrons. The number of carbonyl (C=O) groups excluding carboxylic acids is 2. The normalized spacial score (nSPS) is 21.0. The lowest BCUT2D eigenvalue weighted by atomic mass is 10.0. The number of ether oxygens (including phenoxy) is 2. The van der Waals surface area contributed by atoms with Crippen LogP contribution in [0, 0.1) is 0 Å². The second-order valence-electron chi connectivity index (χ2n) is 10.7. The van der Waals surface area contributed by atoms with Gasteiger partial charge in [-0.2, -0.15) is 31.4 Å². The van der Waals surface area contributed by atoms with Gasteiger partial charge in [-0.25, -0.2) is 10.1 Å². The monoisotopic (exact) mass is 633 g/mol. The van der Waals surface area contributed by atoms with Gasteiger partial charge in [0.15, 0.2) is 5.82 Å². The molecule has 0 bridgehead atoms. The van der Waals surface area contributed by atoms with Gasteiger partial charge in [0, 0.05) is 31.9 Å². The number of aromatic amines is 1. The van der Waals surface area contributed by atoms with Gasteiger partial charge in [0.25, 0.3) is 11.5 Å². The minimum absolute atomic E-state index is 0.0183. The number of hydrogen-bond acceptors (Lipinski definition) is 9. The van der Waals surface area contributed by atoms with Crippen LogP contribution in [0.5, 0.6) is 0 Å². The summed E-state index contributed by atoms with van der Waals surface area (Å²) in [5.74, 6) is -0.574. The highest BCUT2D eigenvalue weighted by molar-refractivity contribution is 6.05. The topological polar surface area (TPSA) is 133 Å². The summed E-state index contributed by atoms with van der Waals surface area (Å²) in [5, 5.41) is 7.68. The van der Waals surface area contributed by atoms with E-state index in [1.165, 1.54) is 16.7 Å². The van der Waals surface area contributed by atoms with Crippen LogP contribution in [0.25, 0.3) is 0 Å². The van der Waals surface area contributed by atoms with Gasteiger partial charge in [-0.1, -0.05) is 0 Å². The van der Waals surface area contributed by atoms with Crippen LogP contribution in [0.2, 0.25) is 0 Å². The van der Waals surface area contributed by atoms with Crippen molar-refractivity contribution in [2.45, 2.75) is 50.3 Å². The average Bonchev–Trinajstić information content (AvgIpc) is 2.92. The number of amides is 2. The fourth-order valence-electron chi connectivity index (χ4n) is 5.29. The molecule has 2 aromatic rings. The molecule has 3 atom stereocenters. The molecule has 5 rings (SSSR count). The zero-order chi connectivity index (χ0) is 31.8. The Balaban J connectivity index is 1.18. The predicted molar refractivity (Wildman–Crippen MR) is 142 cm³/mol. The molecule has 2 aromatic heterocycles. The maximum atomic E-state index is 13.6. The van der Waals surface area contributed by atoms with E-state index in [-0.39, 0.29) is 69.3 Å². The van der Waals surface area contributed by atoms with E-state index < -0.39 is 52.7 Å². The number of piperazine rings is 1. The van der Waals surface area contributed by atoms with Gasteiger partial charge in [0.1, 0.15) is 11.6 Å². The fourth-order valence-corrected chi connectivity index (χ4v) is 5.29. The fraction of sp³-hybridized carbons (Fsp3) is 0.577. The minimum atomic E-state index is -4.90. The van der Waals surface area contributed by atoms with Crippen LogP contribution in [0.15, 0.2) is 23.3 Å². The van der Waals surface area contributed by atoms with Crippen molar-refractivity contribution < 1.29 is 45.4 Å². The molecule has 2 fully saturated rings. The van der Waals surface area contributed by atoms with Gasteiger partial charge in [0.05, 0.1) is 62.0 Å². The van der Waals surface area contributed by atoms with Crippen LogP contribution in [-0.2, 0) is 31.4 Å². The van der Waals surface area contributed by atoms with Gasteiger partial charge in [0.2, 0.25) is 5.91 Å². The Hall–Kier alpha value is -3.93. The Morgan fingerprint density at radius 3 is 2.59 bits per heavy atom. The smallest absolute Gasteiger partial charge is 0.379 e.